The van der Waals surface area contributed by atoms with Gasteiger partial charge in [-0.1, -0.05) is 60.7 Å². The average molecular weight is 623 g/mol. The van der Waals surface area contributed by atoms with E-state index in [1.54, 1.807) is 17.7 Å². The highest BCUT2D eigenvalue weighted by Crippen LogP contribution is 2.31. The van der Waals surface area contributed by atoms with E-state index >= 15 is 0 Å². The third-order valence-corrected chi connectivity index (χ3v) is 8.30. The van der Waals surface area contributed by atoms with Gasteiger partial charge in [0, 0.05) is 51.2 Å². The Balaban J connectivity index is 1.23. The van der Waals surface area contributed by atoms with Gasteiger partial charge in [0.15, 0.2) is 0 Å². The normalized spacial score (nSPS) is 14.1. The summed E-state index contributed by atoms with van der Waals surface area (Å²) in [4.78, 5) is 56.1. The zero-order chi connectivity index (χ0) is 32.2. The molecular weight excluding hydrogens is 588 g/mol. The van der Waals surface area contributed by atoms with Crippen LogP contribution in [-0.2, 0) is 22.6 Å². The second-order valence-corrected chi connectivity index (χ2v) is 11.2. The zero-order valence-corrected chi connectivity index (χ0v) is 25.4. The Kier molecular flexibility index (Phi) is 8.90. The van der Waals surface area contributed by atoms with Gasteiger partial charge in [0.05, 0.1) is 28.6 Å². The number of carbonyl (C=O) groups is 1. The predicted molar refractivity (Wildman–Crippen MR) is 173 cm³/mol. The number of piperazine rings is 1. The number of nitrogens with one attached hydrogen (secondary N) is 1. The maximum absolute atomic E-state index is 12.7. The van der Waals surface area contributed by atoms with Gasteiger partial charge < -0.3 is 14.3 Å². The zero-order valence-electron chi connectivity index (χ0n) is 25.4. The number of aromatic amines is 1. The number of nitrogens with zero attached hydrogens (tertiary/aromatic N) is 5. The van der Waals surface area contributed by atoms with Gasteiger partial charge in [0.1, 0.15) is 12.2 Å². The van der Waals surface area contributed by atoms with Gasteiger partial charge in [-0.15, -0.1) is 0 Å². The van der Waals surface area contributed by atoms with Crippen LogP contribution in [0.4, 0.5) is 5.69 Å². The maximum atomic E-state index is 12.7. The fourth-order valence-corrected chi connectivity index (χ4v) is 6.15. The van der Waals surface area contributed by atoms with Crippen molar-refractivity contribution >= 4 is 22.7 Å². The van der Waals surface area contributed by atoms with Crippen LogP contribution in [0.1, 0.15) is 29.7 Å². The van der Waals surface area contributed by atoms with Crippen molar-refractivity contribution in [3.05, 3.63) is 139 Å². The van der Waals surface area contributed by atoms with Crippen molar-refractivity contribution in [2.45, 2.75) is 26.1 Å². The summed E-state index contributed by atoms with van der Waals surface area (Å²) >= 11 is 0. The molecule has 1 aliphatic rings. The van der Waals surface area contributed by atoms with Crippen molar-refractivity contribution in [1.29, 1.82) is 0 Å². The number of ether oxygens (including phenoxy) is 1. The van der Waals surface area contributed by atoms with Gasteiger partial charge in [-0.3, -0.25) is 38.9 Å². The van der Waals surface area contributed by atoms with Gasteiger partial charge in [-0.25, -0.2) is 0 Å². The van der Waals surface area contributed by atoms with Crippen LogP contribution in [0.3, 0.4) is 0 Å². The Bertz CT molecular complexity index is 1940. The average Bonchev–Trinajstić information content (AvgIpc) is 3.53. The van der Waals surface area contributed by atoms with Crippen LogP contribution in [0.25, 0.3) is 16.7 Å². The minimum Gasteiger partial charge on any atom is -0.465 e. The first-order valence-corrected chi connectivity index (χ1v) is 15.2. The lowest BCUT2D eigenvalue weighted by Gasteiger charge is -2.39. The fourth-order valence-electron chi connectivity index (χ4n) is 6.15. The van der Waals surface area contributed by atoms with Gasteiger partial charge in [-0.05, 0) is 35.7 Å². The van der Waals surface area contributed by atoms with Crippen molar-refractivity contribution in [1.82, 2.24) is 23.9 Å². The number of hydrogen-bond acceptors (Lipinski definition) is 8. The minimum absolute atomic E-state index is 0.0684. The maximum Gasteiger partial charge on any atom is 0.326 e. The molecule has 5 aromatic rings. The van der Waals surface area contributed by atoms with Crippen molar-refractivity contribution < 1.29 is 14.5 Å². The lowest BCUT2D eigenvalue weighted by molar-refractivity contribution is -0.384. The van der Waals surface area contributed by atoms with Crippen LogP contribution < -0.4 is 11.1 Å². The Morgan fingerprint density at radius 2 is 1.61 bits per heavy atom. The number of nitro benzene ring substituents is 1. The summed E-state index contributed by atoms with van der Waals surface area (Å²) in [5, 5.41) is 12.1. The highest BCUT2D eigenvalue weighted by atomic mass is 16.6. The number of nitro groups is 1. The van der Waals surface area contributed by atoms with Crippen molar-refractivity contribution in [3.8, 4) is 5.69 Å². The van der Waals surface area contributed by atoms with E-state index in [1.165, 1.54) is 23.3 Å². The smallest absolute Gasteiger partial charge is 0.326 e. The van der Waals surface area contributed by atoms with Crippen LogP contribution in [0, 0.1) is 10.1 Å². The Morgan fingerprint density at radius 3 is 2.22 bits per heavy atom. The molecule has 0 saturated carbocycles. The molecule has 1 saturated heterocycles. The van der Waals surface area contributed by atoms with Crippen LogP contribution >= 0.6 is 0 Å². The molecule has 0 amide bonds. The van der Waals surface area contributed by atoms with E-state index in [1.807, 2.05) is 24.4 Å². The molecule has 12 nitrogen and oxygen atoms in total. The van der Waals surface area contributed by atoms with Gasteiger partial charge in [0.2, 0.25) is 0 Å². The molecule has 236 valence electrons. The summed E-state index contributed by atoms with van der Waals surface area (Å²) in [7, 11) is 0. The topological polar surface area (TPSA) is 136 Å². The summed E-state index contributed by atoms with van der Waals surface area (Å²) < 4.78 is 7.60. The number of fused-ring (bicyclic) bond motifs is 1. The molecule has 1 aliphatic heterocycles. The van der Waals surface area contributed by atoms with Crippen LogP contribution in [0.15, 0.2) is 101 Å². The van der Waals surface area contributed by atoms with E-state index < -0.39 is 28.6 Å². The van der Waals surface area contributed by atoms with E-state index in [2.05, 4.69) is 63.3 Å². The molecule has 12 heteroatoms. The summed E-state index contributed by atoms with van der Waals surface area (Å²) in [6, 6.07) is 25.8. The van der Waals surface area contributed by atoms with E-state index in [0.29, 0.717) is 6.54 Å². The highest BCUT2D eigenvalue weighted by Gasteiger charge is 2.27. The molecule has 0 spiro atoms. The molecule has 0 aliphatic carbocycles. The van der Waals surface area contributed by atoms with E-state index in [4.69, 9.17) is 4.74 Å². The number of aromatic nitrogens is 3. The summed E-state index contributed by atoms with van der Waals surface area (Å²) in [5.41, 5.74) is 1.74. The number of rotatable bonds is 10. The molecule has 1 N–H and O–H groups in total. The number of hydrogen-bond donors (Lipinski definition) is 1. The Hall–Kier alpha value is -5.33. The molecule has 3 heterocycles. The second kappa shape index (κ2) is 13.3. The van der Waals surface area contributed by atoms with Crippen LogP contribution in [0.2, 0.25) is 0 Å². The lowest BCUT2D eigenvalue weighted by Crippen LogP contribution is -2.47. The highest BCUT2D eigenvalue weighted by molar-refractivity contribution is 5.83. The largest absolute Gasteiger partial charge is 0.465 e. The summed E-state index contributed by atoms with van der Waals surface area (Å²) in [5.74, 6) is -0.696. The minimum atomic E-state index is -0.985. The molecule has 3 aromatic carbocycles. The first kappa shape index (κ1) is 30.7. The second-order valence-electron chi connectivity index (χ2n) is 11.2. The molecule has 0 atom stereocenters. The number of H-pyrrole nitrogens is 1. The molecule has 2 aromatic heterocycles. The quantitative estimate of drug-likeness (QED) is 0.107. The third kappa shape index (κ3) is 6.39. The number of carbonyl (C=O) groups excluding carboxylic acids is 1. The molecule has 0 bridgehead atoms. The molecule has 0 unspecified atom stereocenters. The fraction of sp³-hybridized carbons (Fsp3) is 0.265. The van der Waals surface area contributed by atoms with Crippen molar-refractivity contribution in [2.24, 2.45) is 0 Å². The monoisotopic (exact) mass is 622 g/mol. The first-order valence-electron chi connectivity index (χ1n) is 15.2. The van der Waals surface area contributed by atoms with Crippen molar-refractivity contribution in [3.63, 3.8) is 0 Å². The van der Waals surface area contributed by atoms with Gasteiger partial charge in [-0.2, -0.15) is 0 Å². The standard InChI is InChI=1S/C34H34N6O6/c1-2-46-31(41)23-39-28-20-29(30(40(44)45)19-27(28)35-33(42)34(39)43)38-14-13-24(22-38)21-36-15-17-37(18-16-36)32(25-9-5-3-6-10-25)26-11-7-4-8-12-26/h3-14,19-20,22,32H,2,15-18,21,23H2,1H3,(H,35,42). The van der Waals surface area contributed by atoms with Crippen LogP contribution in [-0.4, -0.2) is 67.6 Å². The van der Waals surface area contributed by atoms with Crippen molar-refractivity contribution in [2.75, 3.05) is 32.8 Å². The van der Waals surface area contributed by atoms with Gasteiger partial charge in [0.25, 0.3) is 5.69 Å². The molecule has 6 rings (SSSR count). The first-order chi connectivity index (χ1) is 22.3. The molecule has 46 heavy (non-hydrogen) atoms. The Labute approximate surface area is 264 Å². The third-order valence-electron chi connectivity index (χ3n) is 8.30. The van der Waals surface area contributed by atoms with E-state index in [0.717, 1.165) is 36.3 Å². The molecule has 0 radical (unpaired) electrons. The van der Waals surface area contributed by atoms with Gasteiger partial charge >= 0.3 is 17.1 Å². The SMILES string of the molecule is CCOC(=O)Cn1c(=O)c(=O)[nH]c2cc([N+](=O)[O-])c(-n3ccc(CN4CCN(C(c5ccccc5)c5ccccc5)CC4)c3)cc21. The van der Waals surface area contributed by atoms with E-state index in [-0.39, 0.29) is 35.1 Å². The predicted octanol–water partition coefficient (Wildman–Crippen LogP) is 3.86. The summed E-state index contributed by atoms with van der Waals surface area (Å²) in [6.07, 6.45) is 3.57. The number of benzene rings is 3. The molecular formula is C34H34N6O6. The van der Waals surface area contributed by atoms with E-state index in [9.17, 15) is 24.5 Å². The lowest BCUT2D eigenvalue weighted by atomic mass is 9.96. The number of esters is 1. The van der Waals surface area contributed by atoms with Crippen LogP contribution in [0.5, 0.6) is 0 Å². The Morgan fingerprint density at radius 1 is 0.957 bits per heavy atom. The summed E-state index contributed by atoms with van der Waals surface area (Å²) in [6.45, 7) is 5.35. The molecule has 1 fully saturated rings.